The number of ether oxygens (including phenoxy) is 2. The zero-order valence-corrected chi connectivity index (χ0v) is 15.9. The zero-order valence-electron chi connectivity index (χ0n) is 15.9. The summed E-state index contributed by atoms with van der Waals surface area (Å²) in [4.78, 5) is 14.5. The molecule has 0 radical (unpaired) electrons. The van der Waals surface area contributed by atoms with Gasteiger partial charge in [-0.3, -0.25) is 4.79 Å². The van der Waals surface area contributed by atoms with E-state index in [1.165, 1.54) is 24.0 Å². The number of nitrogens with zero attached hydrogens (tertiary/aromatic N) is 1. The smallest absolute Gasteiger partial charge is 0.253 e. The molecule has 0 aromatic heterocycles. The quantitative estimate of drug-likeness (QED) is 0.791. The minimum Gasteiger partial charge on any atom is -0.493 e. The molecular weight excluding hydrogens is 326 g/mol. The average molecular weight is 353 g/mol. The van der Waals surface area contributed by atoms with Crippen molar-refractivity contribution >= 4 is 5.91 Å². The number of hydrogen-bond acceptors (Lipinski definition) is 3. The lowest BCUT2D eigenvalue weighted by atomic mass is 9.90. The molecule has 1 amide bonds. The van der Waals surface area contributed by atoms with Crippen molar-refractivity contribution in [2.75, 3.05) is 27.8 Å². The van der Waals surface area contributed by atoms with Crippen LogP contribution in [0.3, 0.4) is 0 Å². The van der Waals surface area contributed by atoms with Crippen LogP contribution in [0.1, 0.15) is 39.9 Å². The topological polar surface area (TPSA) is 38.8 Å². The first-order valence-electron chi connectivity index (χ1n) is 9.20. The number of carbonyl (C=O) groups excluding carboxylic acids is 1. The van der Waals surface area contributed by atoms with Gasteiger partial charge in [0.25, 0.3) is 5.91 Å². The molecule has 3 rings (SSSR count). The first kappa shape index (κ1) is 18.3. The van der Waals surface area contributed by atoms with Gasteiger partial charge in [0, 0.05) is 19.2 Å². The van der Waals surface area contributed by atoms with E-state index in [2.05, 4.69) is 12.1 Å². The van der Waals surface area contributed by atoms with Crippen LogP contribution in [-0.4, -0.2) is 38.6 Å². The molecule has 0 spiro atoms. The van der Waals surface area contributed by atoms with Crippen molar-refractivity contribution < 1.29 is 14.3 Å². The molecule has 26 heavy (non-hydrogen) atoms. The fourth-order valence-corrected chi connectivity index (χ4v) is 3.52. The summed E-state index contributed by atoms with van der Waals surface area (Å²) < 4.78 is 10.6. The van der Waals surface area contributed by atoms with Crippen molar-refractivity contribution in [2.24, 2.45) is 0 Å². The number of fused-ring (bicyclic) bond motifs is 1. The molecule has 0 saturated carbocycles. The van der Waals surface area contributed by atoms with Crippen LogP contribution in [0.4, 0.5) is 0 Å². The molecule has 0 saturated heterocycles. The Bertz CT molecular complexity index is 785. The summed E-state index contributed by atoms with van der Waals surface area (Å²) in [5.74, 6) is 1.52. The van der Waals surface area contributed by atoms with Gasteiger partial charge in [0.15, 0.2) is 11.5 Å². The summed E-state index contributed by atoms with van der Waals surface area (Å²) >= 11 is 0. The van der Waals surface area contributed by atoms with Crippen LogP contribution in [0.2, 0.25) is 0 Å². The number of methoxy groups -OCH3 is 2. The van der Waals surface area contributed by atoms with E-state index in [0.29, 0.717) is 12.3 Å². The highest BCUT2D eigenvalue weighted by atomic mass is 16.5. The van der Waals surface area contributed by atoms with E-state index in [0.717, 1.165) is 36.1 Å². The van der Waals surface area contributed by atoms with Gasteiger partial charge in [0.1, 0.15) is 0 Å². The summed E-state index contributed by atoms with van der Waals surface area (Å²) in [7, 11) is 5.12. The van der Waals surface area contributed by atoms with Crippen molar-refractivity contribution in [1.29, 1.82) is 0 Å². The maximum atomic E-state index is 12.8. The average Bonchev–Trinajstić information content (AvgIpc) is 2.70. The fourth-order valence-electron chi connectivity index (χ4n) is 3.52. The Kier molecular flexibility index (Phi) is 5.82. The van der Waals surface area contributed by atoms with Crippen molar-refractivity contribution in [3.8, 4) is 11.5 Å². The summed E-state index contributed by atoms with van der Waals surface area (Å²) in [6.45, 7) is 0.658. The third kappa shape index (κ3) is 4.01. The van der Waals surface area contributed by atoms with Gasteiger partial charge >= 0.3 is 0 Å². The maximum Gasteiger partial charge on any atom is 0.253 e. The van der Waals surface area contributed by atoms with Crippen LogP contribution in [0.25, 0.3) is 0 Å². The number of rotatable bonds is 6. The Hall–Kier alpha value is -2.49. The molecule has 4 heteroatoms. The Morgan fingerprint density at radius 3 is 2.42 bits per heavy atom. The van der Waals surface area contributed by atoms with Crippen molar-refractivity contribution in [1.82, 2.24) is 4.90 Å². The fraction of sp³-hybridized carbons (Fsp3) is 0.409. The van der Waals surface area contributed by atoms with E-state index in [1.807, 2.05) is 31.3 Å². The molecule has 0 unspecified atom stereocenters. The van der Waals surface area contributed by atoms with E-state index < -0.39 is 0 Å². The van der Waals surface area contributed by atoms with Gasteiger partial charge in [-0.1, -0.05) is 12.1 Å². The van der Waals surface area contributed by atoms with Crippen LogP contribution < -0.4 is 9.47 Å². The number of carbonyl (C=O) groups is 1. The van der Waals surface area contributed by atoms with E-state index in [1.54, 1.807) is 19.1 Å². The highest BCUT2D eigenvalue weighted by Gasteiger charge is 2.16. The van der Waals surface area contributed by atoms with Crippen LogP contribution in [-0.2, 0) is 19.3 Å². The molecule has 0 fully saturated rings. The van der Waals surface area contributed by atoms with E-state index in [9.17, 15) is 4.79 Å². The number of hydrogen-bond donors (Lipinski definition) is 0. The molecule has 4 nitrogen and oxygen atoms in total. The summed E-state index contributed by atoms with van der Waals surface area (Å²) in [5.41, 5.74) is 4.66. The van der Waals surface area contributed by atoms with Gasteiger partial charge in [-0.15, -0.1) is 0 Å². The second-order valence-corrected chi connectivity index (χ2v) is 6.86. The van der Waals surface area contributed by atoms with Crippen LogP contribution in [0, 0.1) is 0 Å². The minimum atomic E-state index is 0.0823. The van der Waals surface area contributed by atoms with Crippen LogP contribution in [0.5, 0.6) is 11.5 Å². The second-order valence-electron chi connectivity index (χ2n) is 6.86. The predicted molar refractivity (Wildman–Crippen MR) is 103 cm³/mol. The number of benzene rings is 2. The van der Waals surface area contributed by atoms with Gasteiger partial charge in [0.05, 0.1) is 14.2 Å². The molecule has 0 atom stereocenters. The molecule has 0 N–H and O–H groups in total. The molecule has 138 valence electrons. The molecule has 0 bridgehead atoms. The second kappa shape index (κ2) is 8.26. The lowest BCUT2D eigenvalue weighted by Gasteiger charge is -2.20. The first-order chi connectivity index (χ1) is 12.6. The van der Waals surface area contributed by atoms with Gasteiger partial charge in [-0.2, -0.15) is 0 Å². The Morgan fingerprint density at radius 2 is 1.69 bits per heavy atom. The lowest BCUT2D eigenvalue weighted by molar-refractivity contribution is 0.0796. The minimum absolute atomic E-state index is 0.0823. The number of amides is 1. The molecule has 0 heterocycles. The summed E-state index contributed by atoms with van der Waals surface area (Å²) in [6, 6.07) is 12.1. The predicted octanol–water partition coefficient (Wildman–Crippen LogP) is 3.90. The third-order valence-electron chi connectivity index (χ3n) is 5.13. The highest BCUT2D eigenvalue weighted by molar-refractivity contribution is 5.94. The maximum absolute atomic E-state index is 12.8. The molecule has 1 aliphatic carbocycles. The first-order valence-corrected chi connectivity index (χ1v) is 9.20. The van der Waals surface area contributed by atoms with Gasteiger partial charge in [0.2, 0.25) is 0 Å². The van der Waals surface area contributed by atoms with Crippen LogP contribution in [0.15, 0.2) is 36.4 Å². The third-order valence-corrected chi connectivity index (χ3v) is 5.13. The Morgan fingerprint density at radius 1 is 0.962 bits per heavy atom. The zero-order chi connectivity index (χ0) is 18.5. The SMILES string of the molecule is COc1ccc(CCN(C)C(=O)c2ccc3c(c2)CCCC3)cc1OC. The molecule has 2 aromatic carbocycles. The van der Waals surface area contributed by atoms with Gasteiger partial charge < -0.3 is 14.4 Å². The van der Waals surface area contributed by atoms with E-state index in [4.69, 9.17) is 9.47 Å². The largest absolute Gasteiger partial charge is 0.493 e. The molecule has 1 aliphatic rings. The van der Waals surface area contributed by atoms with Gasteiger partial charge in [-0.05, 0) is 73.1 Å². The molecule has 2 aromatic rings. The Balaban J connectivity index is 1.64. The summed E-state index contributed by atoms with van der Waals surface area (Å²) in [6.07, 6.45) is 5.48. The normalized spacial score (nSPS) is 13.0. The van der Waals surface area contributed by atoms with Crippen molar-refractivity contribution in [3.05, 3.63) is 58.7 Å². The molecule has 0 aliphatic heterocycles. The van der Waals surface area contributed by atoms with Crippen molar-refractivity contribution in [2.45, 2.75) is 32.1 Å². The van der Waals surface area contributed by atoms with Crippen molar-refractivity contribution in [3.63, 3.8) is 0 Å². The lowest BCUT2D eigenvalue weighted by Crippen LogP contribution is -2.29. The Labute approximate surface area is 155 Å². The van der Waals surface area contributed by atoms with E-state index >= 15 is 0 Å². The highest BCUT2D eigenvalue weighted by Crippen LogP contribution is 2.28. The number of aryl methyl sites for hydroxylation is 2. The molecular formula is C22H27NO3. The number of likely N-dealkylation sites (N-methyl/N-ethyl adjacent to an activating group) is 1. The van der Waals surface area contributed by atoms with E-state index in [-0.39, 0.29) is 5.91 Å². The summed E-state index contributed by atoms with van der Waals surface area (Å²) in [5, 5.41) is 0. The van der Waals surface area contributed by atoms with Crippen LogP contribution >= 0.6 is 0 Å². The van der Waals surface area contributed by atoms with Gasteiger partial charge in [-0.25, -0.2) is 0 Å². The standard InChI is InChI=1S/C22H27NO3/c1-23(13-12-16-8-11-20(25-2)21(14-16)26-3)22(24)19-10-9-17-6-4-5-7-18(17)15-19/h8-11,14-15H,4-7,12-13H2,1-3H3. The monoisotopic (exact) mass is 353 g/mol.